The minimum Gasteiger partial charge on any atom is -0.405 e. The third-order valence-corrected chi connectivity index (χ3v) is 5.26. The lowest BCUT2D eigenvalue weighted by Crippen LogP contribution is -2.42. The van der Waals surface area contributed by atoms with Crippen LogP contribution in [-0.4, -0.2) is 18.8 Å². The number of halogens is 3. The number of hydrogen-bond acceptors (Lipinski definition) is 2. The Morgan fingerprint density at radius 3 is 2.46 bits per heavy atom. The smallest absolute Gasteiger partial charge is 0.405 e. The molecule has 0 fully saturated rings. The molecule has 3 rings (SSSR count). The van der Waals surface area contributed by atoms with Crippen LogP contribution in [0, 0.1) is 6.92 Å². The van der Waals surface area contributed by atoms with E-state index in [9.17, 15) is 18.0 Å². The summed E-state index contributed by atoms with van der Waals surface area (Å²) in [6.45, 7) is 8.51. The lowest BCUT2D eigenvalue weighted by Gasteiger charge is -2.39. The average molecular weight is 391 g/mol. The van der Waals surface area contributed by atoms with Crippen molar-refractivity contribution in [3.63, 3.8) is 0 Å². The van der Waals surface area contributed by atoms with Gasteiger partial charge in [-0.3, -0.25) is 4.79 Å². The SMILES string of the molecule is CCN1C(=O)CC(C)(C)c2cc(C)c(Cc3ccccc3OC(F)(F)F)cc21. The van der Waals surface area contributed by atoms with Gasteiger partial charge in [-0.15, -0.1) is 13.2 Å². The number of anilines is 1. The number of carbonyl (C=O) groups excluding carboxylic acids is 1. The van der Waals surface area contributed by atoms with E-state index in [-0.39, 0.29) is 23.5 Å². The van der Waals surface area contributed by atoms with E-state index in [2.05, 4.69) is 10.8 Å². The van der Waals surface area contributed by atoms with E-state index in [1.54, 1.807) is 17.0 Å². The number of rotatable bonds is 4. The van der Waals surface area contributed by atoms with Crippen molar-refractivity contribution in [2.24, 2.45) is 0 Å². The predicted octanol–water partition coefficient (Wildman–Crippen LogP) is 5.52. The van der Waals surface area contributed by atoms with Gasteiger partial charge in [0.05, 0.1) is 0 Å². The first-order chi connectivity index (χ1) is 13.0. The van der Waals surface area contributed by atoms with E-state index >= 15 is 0 Å². The fourth-order valence-corrected chi connectivity index (χ4v) is 3.82. The molecule has 3 nitrogen and oxygen atoms in total. The Morgan fingerprint density at radius 2 is 1.82 bits per heavy atom. The normalized spacial score (nSPS) is 16.1. The Bertz CT molecular complexity index is 903. The van der Waals surface area contributed by atoms with Gasteiger partial charge in [-0.05, 0) is 48.2 Å². The van der Waals surface area contributed by atoms with Crippen LogP contribution in [0.2, 0.25) is 0 Å². The van der Waals surface area contributed by atoms with Crippen molar-refractivity contribution in [3.8, 4) is 5.75 Å². The largest absolute Gasteiger partial charge is 0.573 e. The lowest BCUT2D eigenvalue weighted by molar-refractivity contribution is -0.274. The van der Waals surface area contributed by atoms with Crippen LogP contribution in [0.15, 0.2) is 36.4 Å². The highest BCUT2D eigenvalue weighted by Crippen LogP contribution is 2.42. The highest BCUT2D eigenvalue weighted by Gasteiger charge is 2.36. The maximum Gasteiger partial charge on any atom is 0.573 e. The van der Waals surface area contributed by atoms with Crippen molar-refractivity contribution in [1.29, 1.82) is 0 Å². The molecule has 0 unspecified atom stereocenters. The molecule has 0 atom stereocenters. The minimum atomic E-state index is -4.74. The molecule has 28 heavy (non-hydrogen) atoms. The second-order valence-corrected chi connectivity index (χ2v) is 7.83. The van der Waals surface area contributed by atoms with Crippen molar-refractivity contribution >= 4 is 11.6 Å². The molecule has 1 heterocycles. The zero-order chi connectivity index (χ0) is 20.7. The molecule has 0 radical (unpaired) electrons. The summed E-state index contributed by atoms with van der Waals surface area (Å²) in [7, 11) is 0. The summed E-state index contributed by atoms with van der Waals surface area (Å²) in [5.74, 6) is -0.133. The van der Waals surface area contributed by atoms with Crippen molar-refractivity contribution in [2.75, 3.05) is 11.4 Å². The molecular formula is C22H24F3NO2. The molecule has 2 aromatic carbocycles. The summed E-state index contributed by atoms with van der Waals surface area (Å²) in [6.07, 6.45) is -4.01. The highest BCUT2D eigenvalue weighted by atomic mass is 19.4. The van der Waals surface area contributed by atoms with E-state index in [0.717, 1.165) is 22.4 Å². The highest BCUT2D eigenvalue weighted by molar-refractivity contribution is 5.98. The number of hydrogen-bond donors (Lipinski definition) is 0. The van der Waals surface area contributed by atoms with E-state index < -0.39 is 6.36 Å². The first-order valence-corrected chi connectivity index (χ1v) is 9.30. The Morgan fingerprint density at radius 1 is 1.14 bits per heavy atom. The van der Waals surface area contributed by atoms with E-state index in [1.165, 1.54) is 12.1 Å². The molecule has 0 bridgehead atoms. The molecular weight excluding hydrogens is 367 g/mol. The molecule has 0 aromatic heterocycles. The molecule has 0 N–H and O–H groups in total. The predicted molar refractivity (Wildman–Crippen MR) is 103 cm³/mol. The second kappa shape index (κ2) is 7.15. The van der Waals surface area contributed by atoms with Gasteiger partial charge >= 0.3 is 6.36 Å². The Hall–Kier alpha value is -2.50. The van der Waals surface area contributed by atoms with Crippen LogP contribution in [0.1, 0.15) is 49.4 Å². The molecule has 1 aliphatic rings. The quantitative estimate of drug-likeness (QED) is 0.687. The summed E-state index contributed by atoms with van der Waals surface area (Å²) in [5.41, 5.74) is 3.97. The number of alkyl halides is 3. The van der Waals surface area contributed by atoms with Gasteiger partial charge in [0, 0.05) is 30.5 Å². The molecule has 0 saturated carbocycles. The Kier molecular flexibility index (Phi) is 5.17. The molecule has 2 aromatic rings. The number of fused-ring (bicyclic) bond motifs is 1. The summed E-state index contributed by atoms with van der Waals surface area (Å²) < 4.78 is 42.4. The topological polar surface area (TPSA) is 29.5 Å². The van der Waals surface area contributed by atoms with E-state index in [4.69, 9.17) is 0 Å². The van der Waals surface area contributed by atoms with Crippen LogP contribution in [-0.2, 0) is 16.6 Å². The minimum absolute atomic E-state index is 0.0654. The number of ether oxygens (including phenoxy) is 1. The molecule has 150 valence electrons. The van der Waals surface area contributed by atoms with Crippen molar-refractivity contribution < 1.29 is 22.7 Å². The maximum absolute atomic E-state index is 12.7. The fourth-order valence-electron chi connectivity index (χ4n) is 3.82. The molecule has 0 spiro atoms. The van der Waals surface area contributed by atoms with Gasteiger partial charge in [0.1, 0.15) is 5.75 Å². The van der Waals surface area contributed by atoms with Crippen LogP contribution >= 0.6 is 0 Å². The lowest BCUT2D eigenvalue weighted by atomic mass is 9.76. The number of amides is 1. The zero-order valence-electron chi connectivity index (χ0n) is 16.5. The molecule has 0 saturated heterocycles. The maximum atomic E-state index is 12.7. The molecule has 6 heteroatoms. The monoisotopic (exact) mass is 391 g/mol. The van der Waals surface area contributed by atoms with Gasteiger partial charge in [-0.25, -0.2) is 0 Å². The van der Waals surface area contributed by atoms with Crippen LogP contribution in [0.3, 0.4) is 0 Å². The molecule has 0 aliphatic carbocycles. The van der Waals surface area contributed by atoms with Gasteiger partial charge in [-0.1, -0.05) is 38.1 Å². The van der Waals surface area contributed by atoms with Crippen LogP contribution in [0.4, 0.5) is 18.9 Å². The van der Waals surface area contributed by atoms with Gasteiger partial charge in [0.2, 0.25) is 5.91 Å². The number of nitrogens with zero attached hydrogens (tertiary/aromatic N) is 1. The number of carbonyl (C=O) groups is 1. The average Bonchev–Trinajstić information content (AvgIpc) is 2.57. The van der Waals surface area contributed by atoms with Crippen LogP contribution < -0.4 is 9.64 Å². The standard InChI is InChI=1S/C22H24F3NO2/c1-5-26-18-12-16(14(2)10-17(18)21(3,4)13-20(26)27)11-15-8-6-7-9-19(15)28-22(23,24)25/h6-10,12H,5,11,13H2,1-4H3. The summed E-state index contributed by atoms with van der Waals surface area (Å²) in [5, 5.41) is 0. The first kappa shape index (κ1) is 20.2. The second-order valence-electron chi connectivity index (χ2n) is 7.83. The van der Waals surface area contributed by atoms with E-state index in [0.29, 0.717) is 18.5 Å². The van der Waals surface area contributed by atoms with Gasteiger partial charge in [-0.2, -0.15) is 0 Å². The number of aryl methyl sites for hydroxylation is 1. The number of para-hydroxylation sites is 1. The Balaban J connectivity index is 2.04. The van der Waals surface area contributed by atoms with Gasteiger partial charge < -0.3 is 9.64 Å². The molecule has 1 amide bonds. The fraction of sp³-hybridized carbons (Fsp3) is 0.409. The Labute approximate surface area is 163 Å². The van der Waals surface area contributed by atoms with Crippen LogP contribution in [0.5, 0.6) is 5.75 Å². The number of benzene rings is 2. The first-order valence-electron chi connectivity index (χ1n) is 9.30. The van der Waals surface area contributed by atoms with Crippen molar-refractivity contribution in [1.82, 2.24) is 0 Å². The summed E-state index contributed by atoms with van der Waals surface area (Å²) >= 11 is 0. The molecule has 1 aliphatic heterocycles. The zero-order valence-corrected chi connectivity index (χ0v) is 16.5. The van der Waals surface area contributed by atoms with Crippen molar-refractivity contribution in [2.45, 2.75) is 52.3 Å². The third kappa shape index (κ3) is 4.01. The van der Waals surface area contributed by atoms with Crippen molar-refractivity contribution in [3.05, 3.63) is 58.7 Å². The van der Waals surface area contributed by atoms with Gasteiger partial charge in [0.25, 0.3) is 0 Å². The van der Waals surface area contributed by atoms with Gasteiger partial charge in [0.15, 0.2) is 0 Å². The van der Waals surface area contributed by atoms with E-state index in [1.807, 2.05) is 33.8 Å². The summed E-state index contributed by atoms with van der Waals surface area (Å²) in [6, 6.07) is 10.2. The summed E-state index contributed by atoms with van der Waals surface area (Å²) in [4.78, 5) is 14.3. The van der Waals surface area contributed by atoms with Crippen LogP contribution in [0.25, 0.3) is 0 Å². The third-order valence-electron chi connectivity index (χ3n) is 5.26.